The average molecular weight is 312 g/mol. The van der Waals surface area contributed by atoms with Crippen molar-refractivity contribution in [1.29, 1.82) is 0 Å². The van der Waals surface area contributed by atoms with Gasteiger partial charge in [0.2, 0.25) is 0 Å². The van der Waals surface area contributed by atoms with Crippen molar-refractivity contribution in [3.63, 3.8) is 0 Å². The molecule has 2 heterocycles. The first-order chi connectivity index (χ1) is 10.4. The van der Waals surface area contributed by atoms with E-state index in [-0.39, 0.29) is 11.7 Å². The maximum atomic E-state index is 12.0. The summed E-state index contributed by atoms with van der Waals surface area (Å²) in [6.45, 7) is 6.55. The van der Waals surface area contributed by atoms with Crippen LogP contribution in [0.2, 0.25) is 0 Å². The van der Waals surface area contributed by atoms with E-state index in [1.165, 1.54) is 10.8 Å². The Kier molecular flexibility index (Phi) is 5.20. The van der Waals surface area contributed by atoms with Crippen molar-refractivity contribution in [2.45, 2.75) is 51.5 Å². The molecule has 22 heavy (non-hydrogen) atoms. The SMILES string of the molecule is CC[C@]1(OC(C)n2cc(C)c(=O)[nH]c2=O)CCOCC1OC. The number of hydrogen-bond donors (Lipinski definition) is 1. The van der Waals surface area contributed by atoms with E-state index in [1.807, 2.05) is 6.92 Å². The van der Waals surface area contributed by atoms with Crippen molar-refractivity contribution < 1.29 is 14.2 Å². The standard InChI is InChI=1S/C15H24N2O5/c1-5-15(6-7-21-9-12(15)20-4)22-11(3)17-8-10(2)13(18)16-14(17)19/h8,11-12H,5-7,9H2,1-4H3,(H,16,18,19)/t11?,12?,15-/m0/s1. The summed E-state index contributed by atoms with van der Waals surface area (Å²) in [6.07, 6.45) is 2.27. The highest BCUT2D eigenvalue weighted by Crippen LogP contribution is 2.34. The summed E-state index contributed by atoms with van der Waals surface area (Å²) >= 11 is 0. The molecule has 2 rings (SSSR count). The normalized spacial score (nSPS) is 26.8. The summed E-state index contributed by atoms with van der Waals surface area (Å²) < 4.78 is 18.6. The maximum Gasteiger partial charge on any atom is 0.330 e. The molecule has 0 amide bonds. The zero-order valence-corrected chi connectivity index (χ0v) is 13.5. The smallest absolute Gasteiger partial charge is 0.330 e. The van der Waals surface area contributed by atoms with Crippen LogP contribution in [-0.4, -0.2) is 41.6 Å². The first-order valence-corrected chi connectivity index (χ1v) is 7.54. The minimum atomic E-state index is -0.515. The molecule has 1 aliphatic rings. The van der Waals surface area contributed by atoms with Crippen LogP contribution in [0.5, 0.6) is 0 Å². The van der Waals surface area contributed by atoms with Gasteiger partial charge in [0.05, 0.1) is 6.61 Å². The lowest BCUT2D eigenvalue weighted by Gasteiger charge is -2.43. The van der Waals surface area contributed by atoms with Gasteiger partial charge in [-0.3, -0.25) is 14.3 Å². The largest absolute Gasteiger partial charge is 0.379 e. The van der Waals surface area contributed by atoms with Gasteiger partial charge in [-0.25, -0.2) is 4.79 Å². The van der Waals surface area contributed by atoms with Crippen LogP contribution in [0.4, 0.5) is 0 Å². The third-order valence-electron chi connectivity index (χ3n) is 4.35. The minimum absolute atomic E-state index is 0.187. The number of aromatic nitrogens is 2. The number of nitrogens with one attached hydrogen (secondary N) is 1. The van der Waals surface area contributed by atoms with E-state index >= 15 is 0 Å². The van der Waals surface area contributed by atoms with Crippen LogP contribution in [-0.2, 0) is 14.2 Å². The van der Waals surface area contributed by atoms with E-state index < -0.39 is 17.5 Å². The molecule has 2 unspecified atom stereocenters. The van der Waals surface area contributed by atoms with E-state index in [1.54, 1.807) is 21.0 Å². The number of H-pyrrole nitrogens is 1. The summed E-state index contributed by atoms with van der Waals surface area (Å²) in [5.74, 6) is 0. The maximum absolute atomic E-state index is 12.0. The summed E-state index contributed by atoms with van der Waals surface area (Å²) in [4.78, 5) is 25.8. The molecule has 0 aromatic carbocycles. The van der Waals surface area contributed by atoms with Gasteiger partial charge in [0.25, 0.3) is 5.56 Å². The lowest BCUT2D eigenvalue weighted by Crippen LogP contribution is -2.53. The number of methoxy groups -OCH3 is 1. The van der Waals surface area contributed by atoms with Gasteiger partial charge in [-0.15, -0.1) is 0 Å². The predicted octanol–water partition coefficient (Wildman–Crippen LogP) is 0.964. The molecule has 7 heteroatoms. The van der Waals surface area contributed by atoms with E-state index in [0.29, 0.717) is 25.2 Å². The Balaban J connectivity index is 2.29. The van der Waals surface area contributed by atoms with Gasteiger partial charge in [-0.1, -0.05) is 6.92 Å². The molecule has 0 bridgehead atoms. The Hall–Kier alpha value is -1.44. The van der Waals surface area contributed by atoms with Crippen molar-refractivity contribution >= 4 is 0 Å². The van der Waals surface area contributed by atoms with Crippen LogP contribution < -0.4 is 11.2 Å². The molecule has 1 fully saturated rings. The summed E-state index contributed by atoms with van der Waals surface area (Å²) in [6, 6.07) is 0. The molecule has 7 nitrogen and oxygen atoms in total. The third kappa shape index (κ3) is 3.16. The topological polar surface area (TPSA) is 82.6 Å². The molecule has 0 aliphatic carbocycles. The molecule has 1 aromatic rings. The molecule has 1 saturated heterocycles. The van der Waals surface area contributed by atoms with E-state index in [9.17, 15) is 9.59 Å². The van der Waals surface area contributed by atoms with Crippen molar-refractivity contribution in [2.24, 2.45) is 0 Å². The number of aromatic amines is 1. The second kappa shape index (κ2) is 6.76. The highest BCUT2D eigenvalue weighted by Gasteiger charge is 2.43. The van der Waals surface area contributed by atoms with Crippen molar-refractivity contribution in [3.8, 4) is 0 Å². The number of aryl methyl sites for hydroxylation is 1. The molecule has 0 spiro atoms. The summed E-state index contributed by atoms with van der Waals surface area (Å²) in [5, 5.41) is 0. The van der Waals surface area contributed by atoms with E-state index in [0.717, 1.165) is 6.42 Å². The number of nitrogens with zero attached hydrogens (tertiary/aromatic N) is 1. The number of hydrogen-bond acceptors (Lipinski definition) is 5. The molecule has 1 N–H and O–H groups in total. The lowest BCUT2D eigenvalue weighted by molar-refractivity contribution is -0.225. The van der Waals surface area contributed by atoms with Gasteiger partial charge in [0.15, 0.2) is 0 Å². The number of ether oxygens (including phenoxy) is 3. The first-order valence-electron chi connectivity index (χ1n) is 7.54. The summed E-state index contributed by atoms with van der Waals surface area (Å²) in [5.41, 5.74) is -0.888. The van der Waals surface area contributed by atoms with Crippen LogP contribution in [0.3, 0.4) is 0 Å². The first kappa shape index (κ1) is 16.9. The molecule has 3 atom stereocenters. The quantitative estimate of drug-likeness (QED) is 0.876. The van der Waals surface area contributed by atoms with Crippen LogP contribution >= 0.6 is 0 Å². The van der Waals surface area contributed by atoms with Crippen molar-refractivity contribution in [3.05, 3.63) is 32.6 Å². The molecule has 1 aliphatic heterocycles. The molecule has 0 radical (unpaired) electrons. The van der Waals surface area contributed by atoms with Gasteiger partial charge in [-0.2, -0.15) is 0 Å². The predicted molar refractivity (Wildman–Crippen MR) is 81.1 cm³/mol. The van der Waals surface area contributed by atoms with Crippen LogP contribution in [0.15, 0.2) is 15.8 Å². The van der Waals surface area contributed by atoms with Gasteiger partial charge in [0.1, 0.15) is 17.9 Å². The van der Waals surface area contributed by atoms with Gasteiger partial charge in [-0.05, 0) is 20.3 Å². The minimum Gasteiger partial charge on any atom is -0.379 e. The fourth-order valence-electron chi connectivity index (χ4n) is 2.91. The fraction of sp³-hybridized carbons (Fsp3) is 0.733. The Labute approximate surface area is 129 Å². The molecule has 124 valence electrons. The van der Waals surface area contributed by atoms with Crippen LogP contribution in [0.25, 0.3) is 0 Å². The highest BCUT2D eigenvalue weighted by molar-refractivity contribution is 5.01. The zero-order valence-electron chi connectivity index (χ0n) is 13.5. The monoisotopic (exact) mass is 312 g/mol. The van der Waals surface area contributed by atoms with Crippen molar-refractivity contribution in [1.82, 2.24) is 9.55 Å². The molecule has 0 saturated carbocycles. The zero-order chi connectivity index (χ0) is 16.3. The second-order valence-electron chi connectivity index (χ2n) is 5.66. The molecular weight excluding hydrogens is 288 g/mol. The Morgan fingerprint density at radius 2 is 2.27 bits per heavy atom. The average Bonchev–Trinajstić information content (AvgIpc) is 2.51. The van der Waals surface area contributed by atoms with Gasteiger partial charge in [0, 0.05) is 31.9 Å². The molecular formula is C15H24N2O5. The second-order valence-corrected chi connectivity index (χ2v) is 5.66. The van der Waals surface area contributed by atoms with Gasteiger partial charge >= 0.3 is 5.69 Å². The number of rotatable bonds is 5. The van der Waals surface area contributed by atoms with E-state index in [4.69, 9.17) is 14.2 Å². The third-order valence-corrected chi connectivity index (χ3v) is 4.35. The van der Waals surface area contributed by atoms with Crippen molar-refractivity contribution in [2.75, 3.05) is 20.3 Å². The van der Waals surface area contributed by atoms with Crippen LogP contribution in [0.1, 0.15) is 38.5 Å². The summed E-state index contributed by atoms with van der Waals surface area (Å²) in [7, 11) is 1.63. The lowest BCUT2D eigenvalue weighted by atomic mass is 9.88. The molecule has 1 aromatic heterocycles. The Morgan fingerprint density at radius 3 is 2.91 bits per heavy atom. The Bertz CT molecular complexity index is 623. The Morgan fingerprint density at radius 1 is 1.55 bits per heavy atom. The highest BCUT2D eigenvalue weighted by atomic mass is 16.6. The van der Waals surface area contributed by atoms with Crippen LogP contribution in [0, 0.1) is 6.92 Å². The van der Waals surface area contributed by atoms with Gasteiger partial charge < -0.3 is 14.2 Å². The fourth-order valence-corrected chi connectivity index (χ4v) is 2.91. The van der Waals surface area contributed by atoms with E-state index in [2.05, 4.69) is 4.98 Å².